The van der Waals surface area contributed by atoms with Crippen LogP contribution >= 0.6 is 15.9 Å². The summed E-state index contributed by atoms with van der Waals surface area (Å²) >= 11 is 3.40. The van der Waals surface area contributed by atoms with Crippen molar-refractivity contribution in [1.29, 1.82) is 5.26 Å². The van der Waals surface area contributed by atoms with Crippen LogP contribution in [0, 0.1) is 11.3 Å². The Morgan fingerprint density at radius 3 is 3.06 bits per heavy atom. The number of hydrogen-bond acceptors (Lipinski definition) is 3. The first-order valence-electron chi connectivity index (χ1n) is 5.86. The number of likely N-dealkylation sites (N-methyl/N-ethyl adjacent to an activating group) is 1. The standard InChI is InChI=1S/C13H16BrN3/c1-16-12-3-2-6-17(9-12)13-5-4-11(14)7-10(13)8-15/h4-5,7,12,16H,2-3,6,9H2,1H3. The summed E-state index contributed by atoms with van der Waals surface area (Å²) in [5, 5.41) is 12.5. The quantitative estimate of drug-likeness (QED) is 0.911. The second-order valence-corrected chi connectivity index (χ2v) is 5.26. The SMILES string of the molecule is CNC1CCCN(c2ccc(Br)cc2C#N)C1. The number of nitrogens with one attached hydrogen (secondary N) is 1. The van der Waals surface area contributed by atoms with E-state index in [1.54, 1.807) is 0 Å². The van der Waals surface area contributed by atoms with Crippen molar-refractivity contribution in [3.63, 3.8) is 0 Å². The van der Waals surface area contributed by atoms with Crippen molar-refractivity contribution in [3.8, 4) is 6.07 Å². The van der Waals surface area contributed by atoms with Crippen LogP contribution in [0.25, 0.3) is 0 Å². The lowest BCUT2D eigenvalue weighted by Gasteiger charge is -2.34. The second-order valence-electron chi connectivity index (χ2n) is 4.35. The fourth-order valence-electron chi connectivity index (χ4n) is 2.31. The molecule has 90 valence electrons. The molecule has 1 aromatic carbocycles. The molecule has 17 heavy (non-hydrogen) atoms. The number of anilines is 1. The Balaban J connectivity index is 2.24. The van der Waals surface area contributed by atoms with Crippen molar-refractivity contribution >= 4 is 21.6 Å². The van der Waals surface area contributed by atoms with E-state index in [4.69, 9.17) is 0 Å². The van der Waals surface area contributed by atoms with Gasteiger partial charge in [0.15, 0.2) is 0 Å². The molecule has 2 rings (SSSR count). The molecule has 1 N–H and O–H groups in total. The van der Waals surface area contributed by atoms with E-state index < -0.39 is 0 Å². The molecule has 4 heteroatoms. The summed E-state index contributed by atoms with van der Waals surface area (Å²) in [6.45, 7) is 2.02. The molecule has 0 amide bonds. The zero-order chi connectivity index (χ0) is 12.3. The monoisotopic (exact) mass is 293 g/mol. The van der Waals surface area contributed by atoms with Gasteiger partial charge in [-0.1, -0.05) is 15.9 Å². The number of nitriles is 1. The van der Waals surface area contributed by atoms with Crippen molar-refractivity contribution in [2.45, 2.75) is 18.9 Å². The zero-order valence-corrected chi connectivity index (χ0v) is 11.5. The molecule has 1 heterocycles. The molecule has 0 radical (unpaired) electrons. The lowest BCUT2D eigenvalue weighted by atomic mass is 10.0. The Morgan fingerprint density at radius 2 is 2.35 bits per heavy atom. The highest BCUT2D eigenvalue weighted by Crippen LogP contribution is 2.26. The van der Waals surface area contributed by atoms with Gasteiger partial charge in [0.25, 0.3) is 0 Å². The van der Waals surface area contributed by atoms with Gasteiger partial charge in [0.05, 0.1) is 11.3 Å². The molecular formula is C13H16BrN3. The number of nitrogens with zero attached hydrogens (tertiary/aromatic N) is 2. The van der Waals surface area contributed by atoms with Crippen LogP contribution in [0.4, 0.5) is 5.69 Å². The second kappa shape index (κ2) is 5.52. The van der Waals surface area contributed by atoms with E-state index in [-0.39, 0.29) is 0 Å². The molecule has 0 bridgehead atoms. The van der Waals surface area contributed by atoms with E-state index in [0.29, 0.717) is 6.04 Å². The minimum absolute atomic E-state index is 0.527. The summed E-state index contributed by atoms with van der Waals surface area (Å²) in [6.07, 6.45) is 2.39. The van der Waals surface area contributed by atoms with Crippen molar-refractivity contribution in [2.75, 3.05) is 25.0 Å². The average Bonchev–Trinajstić information content (AvgIpc) is 2.38. The van der Waals surface area contributed by atoms with Gasteiger partial charge >= 0.3 is 0 Å². The summed E-state index contributed by atoms with van der Waals surface area (Å²) in [5.41, 5.74) is 1.80. The van der Waals surface area contributed by atoms with Gasteiger partial charge in [-0.15, -0.1) is 0 Å². The van der Waals surface area contributed by atoms with E-state index in [9.17, 15) is 5.26 Å². The zero-order valence-electron chi connectivity index (χ0n) is 9.91. The van der Waals surface area contributed by atoms with Crippen molar-refractivity contribution in [3.05, 3.63) is 28.2 Å². The van der Waals surface area contributed by atoms with Crippen LogP contribution in [0.5, 0.6) is 0 Å². The first-order chi connectivity index (χ1) is 8.24. The van der Waals surface area contributed by atoms with E-state index in [1.165, 1.54) is 12.8 Å². The highest BCUT2D eigenvalue weighted by Gasteiger charge is 2.20. The summed E-state index contributed by atoms with van der Waals surface area (Å²) in [6, 6.07) is 8.72. The number of rotatable bonds is 2. The lowest BCUT2D eigenvalue weighted by Crippen LogP contribution is -2.44. The summed E-state index contributed by atoms with van der Waals surface area (Å²) in [5.74, 6) is 0. The first-order valence-corrected chi connectivity index (χ1v) is 6.65. The number of benzene rings is 1. The molecule has 3 nitrogen and oxygen atoms in total. The Hall–Kier alpha value is -1.05. The molecule has 0 saturated carbocycles. The predicted octanol–water partition coefficient (Wildman–Crippen LogP) is 2.51. The van der Waals surface area contributed by atoms with Crippen LogP contribution in [-0.4, -0.2) is 26.2 Å². The fraction of sp³-hybridized carbons (Fsp3) is 0.462. The molecule has 1 aromatic rings. The predicted molar refractivity (Wildman–Crippen MR) is 73.2 cm³/mol. The number of halogens is 1. The van der Waals surface area contributed by atoms with Gasteiger partial charge in [0, 0.05) is 23.6 Å². The van der Waals surface area contributed by atoms with Crippen LogP contribution in [0.1, 0.15) is 18.4 Å². The van der Waals surface area contributed by atoms with Gasteiger partial charge in [-0.2, -0.15) is 5.26 Å². The third kappa shape index (κ3) is 2.80. The molecular weight excluding hydrogens is 278 g/mol. The van der Waals surface area contributed by atoms with Crippen LogP contribution in [-0.2, 0) is 0 Å². The number of hydrogen-bond donors (Lipinski definition) is 1. The van der Waals surface area contributed by atoms with E-state index in [2.05, 4.69) is 32.2 Å². The van der Waals surface area contributed by atoms with Crippen LogP contribution in [0.15, 0.2) is 22.7 Å². The molecule has 0 spiro atoms. The molecule has 1 fully saturated rings. The minimum Gasteiger partial charge on any atom is -0.369 e. The molecule has 0 aromatic heterocycles. The molecule has 0 aliphatic carbocycles. The third-order valence-electron chi connectivity index (χ3n) is 3.25. The van der Waals surface area contributed by atoms with E-state index in [0.717, 1.165) is 28.8 Å². The van der Waals surface area contributed by atoms with Gasteiger partial charge in [0.1, 0.15) is 6.07 Å². The highest BCUT2D eigenvalue weighted by atomic mass is 79.9. The molecule has 1 aliphatic rings. The maximum Gasteiger partial charge on any atom is 0.101 e. The number of piperidine rings is 1. The maximum absolute atomic E-state index is 9.18. The van der Waals surface area contributed by atoms with E-state index >= 15 is 0 Å². The van der Waals surface area contributed by atoms with Crippen LogP contribution < -0.4 is 10.2 Å². The molecule has 1 saturated heterocycles. The minimum atomic E-state index is 0.527. The third-order valence-corrected chi connectivity index (χ3v) is 3.74. The Labute approximate surface area is 111 Å². The molecule has 1 atom stereocenters. The van der Waals surface area contributed by atoms with Crippen LogP contribution in [0.2, 0.25) is 0 Å². The van der Waals surface area contributed by atoms with Crippen LogP contribution in [0.3, 0.4) is 0 Å². The highest BCUT2D eigenvalue weighted by molar-refractivity contribution is 9.10. The van der Waals surface area contributed by atoms with Crippen molar-refractivity contribution in [2.24, 2.45) is 0 Å². The van der Waals surface area contributed by atoms with Gasteiger partial charge in [-0.3, -0.25) is 0 Å². The molecule has 1 aliphatic heterocycles. The first kappa shape index (κ1) is 12.4. The average molecular weight is 294 g/mol. The fourth-order valence-corrected chi connectivity index (χ4v) is 2.67. The Kier molecular flexibility index (Phi) is 4.03. The summed E-state index contributed by atoms with van der Waals surface area (Å²) in [4.78, 5) is 2.30. The van der Waals surface area contributed by atoms with Gasteiger partial charge in [0.2, 0.25) is 0 Å². The summed E-state index contributed by atoms with van der Waals surface area (Å²) < 4.78 is 0.958. The Bertz CT molecular complexity index is 439. The smallest absolute Gasteiger partial charge is 0.101 e. The normalized spacial score (nSPS) is 20.1. The molecule has 1 unspecified atom stereocenters. The largest absolute Gasteiger partial charge is 0.369 e. The van der Waals surface area contributed by atoms with E-state index in [1.807, 2.05) is 25.2 Å². The Morgan fingerprint density at radius 1 is 1.53 bits per heavy atom. The summed E-state index contributed by atoms with van der Waals surface area (Å²) in [7, 11) is 2.00. The van der Waals surface area contributed by atoms with Gasteiger partial charge in [-0.25, -0.2) is 0 Å². The van der Waals surface area contributed by atoms with Crippen molar-refractivity contribution in [1.82, 2.24) is 5.32 Å². The lowest BCUT2D eigenvalue weighted by molar-refractivity contribution is 0.449. The maximum atomic E-state index is 9.18. The van der Waals surface area contributed by atoms with Gasteiger partial charge < -0.3 is 10.2 Å². The van der Waals surface area contributed by atoms with Gasteiger partial charge in [-0.05, 0) is 38.1 Å². The van der Waals surface area contributed by atoms with Crippen molar-refractivity contribution < 1.29 is 0 Å². The topological polar surface area (TPSA) is 39.1 Å².